The van der Waals surface area contributed by atoms with Crippen molar-refractivity contribution in [1.29, 1.82) is 0 Å². The highest BCUT2D eigenvalue weighted by molar-refractivity contribution is 7.12. The summed E-state index contributed by atoms with van der Waals surface area (Å²) >= 11 is 1.38. The molecule has 0 amide bonds. The minimum atomic E-state index is -0.910. The van der Waals surface area contributed by atoms with Gasteiger partial charge in [0.2, 0.25) is 0 Å². The van der Waals surface area contributed by atoms with Crippen molar-refractivity contribution in [2.24, 2.45) is 0 Å². The molecule has 4 nitrogen and oxygen atoms in total. The zero-order valence-electron chi connectivity index (χ0n) is 9.34. The molecule has 1 aromatic rings. The molecule has 0 spiro atoms. The highest BCUT2D eigenvalue weighted by atomic mass is 32.1. The van der Waals surface area contributed by atoms with Crippen LogP contribution in [0.4, 0.5) is 0 Å². The highest BCUT2D eigenvalue weighted by Gasteiger charge is 2.18. The molecule has 0 unspecified atom stereocenters. The summed E-state index contributed by atoms with van der Waals surface area (Å²) in [4.78, 5) is 24.7. The fourth-order valence-corrected chi connectivity index (χ4v) is 1.95. The van der Waals surface area contributed by atoms with Crippen LogP contribution in [0, 0.1) is 0 Å². The maximum Gasteiger partial charge on any atom is 0.317 e. The Morgan fingerprint density at radius 2 is 2.12 bits per heavy atom. The number of carbonyl (C=O) groups is 2. The van der Waals surface area contributed by atoms with Crippen LogP contribution >= 0.6 is 11.3 Å². The van der Waals surface area contributed by atoms with Crippen molar-refractivity contribution in [3.05, 3.63) is 22.4 Å². The topological polar surface area (TPSA) is 57.6 Å². The van der Waals surface area contributed by atoms with Gasteiger partial charge in [0, 0.05) is 6.04 Å². The van der Waals surface area contributed by atoms with E-state index in [1.165, 1.54) is 11.3 Å². The molecule has 0 aliphatic carbocycles. The minimum absolute atomic E-state index is 0.0232. The molecule has 0 aromatic carbocycles. The quantitative estimate of drug-likeness (QED) is 0.770. The van der Waals surface area contributed by atoms with Crippen molar-refractivity contribution in [1.82, 2.24) is 4.90 Å². The van der Waals surface area contributed by atoms with E-state index in [1.54, 1.807) is 11.0 Å². The van der Waals surface area contributed by atoms with E-state index < -0.39 is 5.97 Å². The summed E-state index contributed by atoms with van der Waals surface area (Å²) in [6.45, 7) is 3.81. The number of thiophene rings is 1. The Hall–Kier alpha value is -1.20. The lowest BCUT2D eigenvalue weighted by Gasteiger charge is -2.23. The van der Waals surface area contributed by atoms with Crippen LogP contribution in [0.15, 0.2) is 17.5 Å². The summed E-state index contributed by atoms with van der Waals surface area (Å²) in [6, 6.07) is 3.61. The molecule has 0 aliphatic rings. The Morgan fingerprint density at radius 3 is 2.56 bits per heavy atom. The van der Waals surface area contributed by atoms with Gasteiger partial charge in [0.05, 0.1) is 18.0 Å². The van der Waals surface area contributed by atoms with E-state index in [0.717, 1.165) is 0 Å². The predicted octanol–water partition coefficient (Wildman–Crippen LogP) is 1.73. The molecule has 5 heteroatoms. The van der Waals surface area contributed by atoms with E-state index in [4.69, 9.17) is 5.11 Å². The molecule has 1 heterocycles. The third-order valence-corrected chi connectivity index (χ3v) is 3.12. The highest BCUT2D eigenvalue weighted by Crippen LogP contribution is 2.11. The smallest absolute Gasteiger partial charge is 0.317 e. The van der Waals surface area contributed by atoms with Crippen molar-refractivity contribution in [3.63, 3.8) is 0 Å². The summed E-state index contributed by atoms with van der Waals surface area (Å²) in [5.74, 6) is -0.933. The van der Waals surface area contributed by atoms with E-state index in [0.29, 0.717) is 4.88 Å². The maximum absolute atomic E-state index is 11.8. The zero-order valence-corrected chi connectivity index (χ0v) is 10.2. The third kappa shape index (κ3) is 3.75. The normalized spacial score (nSPS) is 11.0. The van der Waals surface area contributed by atoms with Crippen molar-refractivity contribution < 1.29 is 14.7 Å². The molecule has 0 aliphatic heterocycles. The number of ketones is 1. The fraction of sp³-hybridized carbons (Fsp3) is 0.455. The summed E-state index contributed by atoms with van der Waals surface area (Å²) < 4.78 is 0. The van der Waals surface area contributed by atoms with Crippen molar-refractivity contribution in [2.45, 2.75) is 19.9 Å². The van der Waals surface area contributed by atoms with Crippen LogP contribution in [-0.4, -0.2) is 40.9 Å². The Kier molecular flexibility index (Phi) is 4.64. The van der Waals surface area contributed by atoms with Gasteiger partial charge in [-0.1, -0.05) is 6.07 Å². The van der Waals surface area contributed by atoms with Gasteiger partial charge in [-0.15, -0.1) is 11.3 Å². The Labute approximate surface area is 98.5 Å². The first-order valence-corrected chi connectivity index (χ1v) is 5.91. The fourth-order valence-electron chi connectivity index (χ4n) is 1.29. The lowest BCUT2D eigenvalue weighted by molar-refractivity contribution is -0.138. The Balaban J connectivity index is 2.61. The summed E-state index contributed by atoms with van der Waals surface area (Å²) in [5, 5.41) is 10.6. The van der Waals surface area contributed by atoms with E-state index in [1.807, 2.05) is 25.3 Å². The van der Waals surface area contributed by atoms with E-state index in [-0.39, 0.29) is 24.9 Å². The summed E-state index contributed by atoms with van der Waals surface area (Å²) in [6.07, 6.45) is 0. The lowest BCUT2D eigenvalue weighted by Crippen LogP contribution is -2.39. The second-order valence-electron chi connectivity index (χ2n) is 3.79. The number of hydrogen-bond acceptors (Lipinski definition) is 4. The van der Waals surface area contributed by atoms with Crippen LogP contribution in [0.25, 0.3) is 0 Å². The number of carbonyl (C=O) groups excluding carboxylic acids is 1. The molecule has 0 saturated heterocycles. The molecular weight excluding hydrogens is 226 g/mol. The number of aliphatic carboxylic acids is 1. The van der Waals surface area contributed by atoms with Gasteiger partial charge in [-0.25, -0.2) is 0 Å². The molecule has 1 rings (SSSR count). The second kappa shape index (κ2) is 5.77. The molecule has 1 aromatic heterocycles. The third-order valence-electron chi connectivity index (χ3n) is 2.21. The monoisotopic (exact) mass is 241 g/mol. The van der Waals surface area contributed by atoms with Crippen LogP contribution in [0.1, 0.15) is 23.5 Å². The van der Waals surface area contributed by atoms with Gasteiger partial charge in [-0.3, -0.25) is 14.5 Å². The van der Waals surface area contributed by atoms with Crippen molar-refractivity contribution in [3.8, 4) is 0 Å². The first kappa shape index (κ1) is 12.9. The molecule has 0 radical (unpaired) electrons. The van der Waals surface area contributed by atoms with Crippen molar-refractivity contribution in [2.75, 3.05) is 13.1 Å². The molecule has 88 valence electrons. The van der Waals surface area contributed by atoms with Gasteiger partial charge in [-0.05, 0) is 25.3 Å². The largest absolute Gasteiger partial charge is 0.480 e. The van der Waals surface area contributed by atoms with Gasteiger partial charge in [-0.2, -0.15) is 0 Å². The molecule has 0 fully saturated rings. The number of nitrogens with zero attached hydrogens (tertiary/aromatic N) is 1. The molecule has 1 N–H and O–H groups in total. The van der Waals surface area contributed by atoms with Crippen LogP contribution in [0.2, 0.25) is 0 Å². The molecule has 16 heavy (non-hydrogen) atoms. The van der Waals surface area contributed by atoms with Gasteiger partial charge < -0.3 is 5.11 Å². The predicted molar refractivity (Wildman–Crippen MR) is 63.0 cm³/mol. The standard InChI is InChI=1S/C11H15NO3S/c1-8(2)12(7-11(14)15)6-9(13)10-4-3-5-16-10/h3-5,8H,6-7H2,1-2H3,(H,14,15). The summed E-state index contributed by atoms with van der Waals surface area (Å²) in [5.41, 5.74) is 0. The van der Waals surface area contributed by atoms with Crippen molar-refractivity contribution >= 4 is 23.1 Å². The Bertz CT molecular complexity index is 359. The molecule has 0 saturated carbocycles. The number of Topliss-reactive ketones (excluding diaryl/α,β-unsaturated/α-hetero) is 1. The van der Waals surface area contributed by atoms with E-state index in [9.17, 15) is 9.59 Å². The first-order chi connectivity index (χ1) is 7.50. The summed E-state index contributed by atoms with van der Waals surface area (Å²) in [7, 11) is 0. The number of hydrogen-bond donors (Lipinski definition) is 1. The molecule has 0 atom stereocenters. The van der Waals surface area contributed by atoms with Gasteiger partial charge >= 0.3 is 5.97 Å². The van der Waals surface area contributed by atoms with E-state index in [2.05, 4.69) is 0 Å². The van der Waals surface area contributed by atoms with Crippen LogP contribution in [0.5, 0.6) is 0 Å². The average molecular weight is 241 g/mol. The number of carboxylic acids is 1. The van der Waals surface area contributed by atoms with Gasteiger partial charge in [0.15, 0.2) is 5.78 Å². The first-order valence-electron chi connectivity index (χ1n) is 5.03. The van der Waals surface area contributed by atoms with Crippen LogP contribution in [0.3, 0.4) is 0 Å². The number of rotatable bonds is 6. The molecule has 0 bridgehead atoms. The van der Waals surface area contributed by atoms with Crippen LogP contribution in [-0.2, 0) is 4.79 Å². The SMILES string of the molecule is CC(C)N(CC(=O)O)CC(=O)c1cccs1. The minimum Gasteiger partial charge on any atom is -0.480 e. The van der Waals surface area contributed by atoms with E-state index >= 15 is 0 Å². The second-order valence-corrected chi connectivity index (χ2v) is 4.74. The molecular formula is C11H15NO3S. The lowest BCUT2D eigenvalue weighted by atomic mass is 10.2. The Morgan fingerprint density at radius 1 is 1.44 bits per heavy atom. The zero-order chi connectivity index (χ0) is 12.1. The van der Waals surface area contributed by atoms with Gasteiger partial charge in [0.1, 0.15) is 0 Å². The van der Waals surface area contributed by atoms with Gasteiger partial charge in [0.25, 0.3) is 0 Å². The maximum atomic E-state index is 11.8. The van der Waals surface area contributed by atoms with Crippen LogP contribution < -0.4 is 0 Å². The average Bonchev–Trinajstić information content (AvgIpc) is 2.68. The number of carboxylic acid groups (broad SMARTS) is 1.